The number of rotatable bonds is 3. The maximum Gasteiger partial charge on any atom is 0.137 e. The Bertz CT molecular complexity index is 283. The van der Waals surface area contributed by atoms with Crippen LogP contribution in [0.25, 0.3) is 0 Å². The quantitative estimate of drug-likeness (QED) is 0.717. The highest BCUT2D eigenvalue weighted by Gasteiger charge is 2.06. The molecule has 2 heteroatoms. The number of hydrogen-bond donors (Lipinski definition) is 0. The number of hydrogen-bond acceptors (Lipinski definition) is 1. The molecule has 0 saturated carbocycles. The monoisotopic (exact) mass is 198 g/mol. The predicted molar refractivity (Wildman–Crippen MR) is 56.7 cm³/mol. The van der Waals surface area contributed by atoms with Crippen LogP contribution in [0.2, 0.25) is 5.02 Å². The fourth-order valence-electron chi connectivity index (χ4n) is 1.22. The zero-order valence-electron chi connectivity index (χ0n) is 8.30. The summed E-state index contributed by atoms with van der Waals surface area (Å²) >= 11 is 5.92. The van der Waals surface area contributed by atoms with E-state index in [0.717, 1.165) is 12.2 Å². The average molecular weight is 199 g/mol. The highest BCUT2D eigenvalue weighted by atomic mass is 35.5. The molecule has 1 aromatic rings. The van der Waals surface area contributed by atoms with Crippen LogP contribution in [0.5, 0.6) is 5.75 Å². The lowest BCUT2D eigenvalue weighted by molar-refractivity contribution is 0.414. The van der Waals surface area contributed by atoms with Crippen molar-refractivity contribution in [1.82, 2.24) is 0 Å². The fraction of sp³-hybridized carbons (Fsp3) is 0.455. The van der Waals surface area contributed by atoms with Crippen LogP contribution in [-0.2, 0) is 0 Å². The van der Waals surface area contributed by atoms with E-state index >= 15 is 0 Å². The first kappa shape index (κ1) is 10.4. The van der Waals surface area contributed by atoms with Crippen LogP contribution in [0.4, 0.5) is 0 Å². The highest BCUT2D eigenvalue weighted by Crippen LogP contribution is 2.29. The first-order chi connectivity index (χ1) is 6.19. The molecule has 1 unspecified atom stereocenters. The number of methoxy groups -OCH3 is 1. The van der Waals surface area contributed by atoms with Crippen molar-refractivity contribution in [3.8, 4) is 5.75 Å². The summed E-state index contributed by atoms with van der Waals surface area (Å²) < 4.78 is 5.15. The standard InChI is InChI=1S/C11H15ClO/c1-4-8(2)9-5-6-10(12)11(7-9)13-3/h5-8H,4H2,1-3H3. The van der Waals surface area contributed by atoms with Gasteiger partial charge in [0.25, 0.3) is 0 Å². The van der Waals surface area contributed by atoms with Gasteiger partial charge < -0.3 is 4.74 Å². The molecule has 13 heavy (non-hydrogen) atoms. The Hall–Kier alpha value is -0.690. The van der Waals surface area contributed by atoms with Crippen LogP contribution in [0.15, 0.2) is 18.2 Å². The second kappa shape index (κ2) is 4.52. The van der Waals surface area contributed by atoms with Crippen molar-refractivity contribution < 1.29 is 4.74 Å². The Balaban J connectivity index is 2.99. The maximum atomic E-state index is 5.92. The normalized spacial score (nSPS) is 12.6. The molecule has 0 heterocycles. The van der Waals surface area contributed by atoms with Gasteiger partial charge in [-0.05, 0) is 30.0 Å². The topological polar surface area (TPSA) is 9.23 Å². The first-order valence-electron chi connectivity index (χ1n) is 4.52. The van der Waals surface area contributed by atoms with Gasteiger partial charge in [-0.3, -0.25) is 0 Å². The molecule has 0 radical (unpaired) electrons. The van der Waals surface area contributed by atoms with Gasteiger partial charge in [0.15, 0.2) is 0 Å². The molecule has 0 aliphatic heterocycles. The van der Waals surface area contributed by atoms with Gasteiger partial charge in [0, 0.05) is 0 Å². The molecule has 0 aliphatic rings. The van der Waals surface area contributed by atoms with E-state index < -0.39 is 0 Å². The van der Waals surface area contributed by atoms with Crippen molar-refractivity contribution >= 4 is 11.6 Å². The van der Waals surface area contributed by atoms with Crippen molar-refractivity contribution in [2.75, 3.05) is 7.11 Å². The molecular weight excluding hydrogens is 184 g/mol. The molecule has 0 aliphatic carbocycles. The molecule has 1 aromatic carbocycles. The molecule has 0 aromatic heterocycles. The van der Waals surface area contributed by atoms with Crippen molar-refractivity contribution in [1.29, 1.82) is 0 Å². The van der Waals surface area contributed by atoms with Crippen molar-refractivity contribution in [2.45, 2.75) is 26.2 Å². The molecule has 1 nitrogen and oxygen atoms in total. The van der Waals surface area contributed by atoms with Gasteiger partial charge >= 0.3 is 0 Å². The lowest BCUT2D eigenvalue weighted by Crippen LogP contribution is -1.92. The summed E-state index contributed by atoms with van der Waals surface area (Å²) in [4.78, 5) is 0. The summed E-state index contributed by atoms with van der Waals surface area (Å²) in [6.45, 7) is 4.37. The van der Waals surface area contributed by atoms with Crippen molar-refractivity contribution in [3.05, 3.63) is 28.8 Å². The van der Waals surface area contributed by atoms with E-state index in [-0.39, 0.29) is 0 Å². The summed E-state index contributed by atoms with van der Waals surface area (Å²) in [6.07, 6.45) is 1.13. The second-order valence-corrected chi connectivity index (χ2v) is 3.61. The number of ether oxygens (including phenoxy) is 1. The van der Waals surface area contributed by atoms with E-state index in [2.05, 4.69) is 19.9 Å². The highest BCUT2D eigenvalue weighted by molar-refractivity contribution is 6.32. The summed E-state index contributed by atoms with van der Waals surface area (Å²) in [5.41, 5.74) is 1.28. The Morgan fingerprint density at radius 1 is 1.46 bits per heavy atom. The van der Waals surface area contributed by atoms with Gasteiger partial charge in [-0.2, -0.15) is 0 Å². The molecule has 0 fully saturated rings. The molecule has 0 N–H and O–H groups in total. The summed E-state index contributed by atoms with van der Waals surface area (Å²) in [5.74, 6) is 1.32. The van der Waals surface area contributed by atoms with Crippen LogP contribution in [-0.4, -0.2) is 7.11 Å². The third-order valence-corrected chi connectivity index (χ3v) is 2.67. The molecule has 1 atom stereocenters. The predicted octanol–water partition coefficient (Wildman–Crippen LogP) is 3.86. The summed E-state index contributed by atoms with van der Waals surface area (Å²) in [6, 6.07) is 5.96. The minimum atomic E-state index is 0.561. The molecule has 0 spiro atoms. The Morgan fingerprint density at radius 2 is 2.15 bits per heavy atom. The van der Waals surface area contributed by atoms with Gasteiger partial charge in [0.1, 0.15) is 5.75 Å². The Morgan fingerprint density at radius 3 is 2.69 bits per heavy atom. The zero-order valence-corrected chi connectivity index (χ0v) is 9.06. The van der Waals surface area contributed by atoms with E-state index in [1.54, 1.807) is 7.11 Å². The minimum Gasteiger partial charge on any atom is -0.495 e. The molecule has 72 valence electrons. The van der Waals surface area contributed by atoms with E-state index in [0.29, 0.717) is 10.9 Å². The van der Waals surface area contributed by atoms with E-state index in [1.807, 2.05) is 12.1 Å². The van der Waals surface area contributed by atoms with Crippen LogP contribution in [0.3, 0.4) is 0 Å². The molecule has 0 bridgehead atoms. The third kappa shape index (κ3) is 2.38. The van der Waals surface area contributed by atoms with Crippen molar-refractivity contribution in [3.63, 3.8) is 0 Å². The Kier molecular flexibility index (Phi) is 3.61. The summed E-state index contributed by atoms with van der Waals surface area (Å²) in [5, 5.41) is 0.676. The molecule has 0 saturated heterocycles. The minimum absolute atomic E-state index is 0.561. The molecule has 1 rings (SSSR count). The second-order valence-electron chi connectivity index (χ2n) is 3.20. The van der Waals surface area contributed by atoms with E-state index in [9.17, 15) is 0 Å². The van der Waals surface area contributed by atoms with Gasteiger partial charge in [-0.25, -0.2) is 0 Å². The number of benzene rings is 1. The van der Waals surface area contributed by atoms with Gasteiger partial charge in [0.2, 0.25) is 0 Å². The smallest absolute Gasteiger partial charge is 0.137 e. The first-order valence-corrected chi connectivity index (χ1v) is 4.90. The van der Waals surface area contributed by atoms with Crippen LogP contribution in [0.1, 0.15) is 31.7 Å². The van der Waals surface area contributed by atoms with Crippen LogP contribution < -0.4 is 4.74 Å². The Labute approximate surface area is 84.7 Å². The maximum absolute atomic E-state index is 5.92. The summed E-state index contributed by atoms with van der Waals surface area (Å²) in [7, 11) is 1.64. The van der Waals surface area contributed by atoms with Crippen molar-refractivity contribution in [2.24, 2.45) is 0 Å². The van der Waals surface area contributed by atoms with Crippen LogP contribution in [0, 0.1) is 0 Å². The van der Waals surface area contributed by atoms with Gasteiger partial charge in [0.05, 0.1) is 12.1 Å². The van der Waals surface area contributed by atoms with E-state index in [4.69, 9.17) is 16.3 Å². The SMILES string of the molecule is CCC(C)c1ccc(Cl)c(OC)c1. The largest absolute Gasteiger partial charge is 0.495 e. The van der Waals surface area contributed by atoms with Gasteiger partial charge in [-0.1, -0.05) is 31.5 Å². The molecule has 0 amide bonds. The fourth-order valence-corrected chi connectivity index (χ4v) is 1.41. The van der Waals surface area contributed by atoms with E-state index in [1.165, 1.54) is 5.56 Å². The molecular formula is C11H15ClO. The third-order valence-electron chi connectivity index (χ3n) is 2.36. The lowest BCUT2D eigenvalue weighted by Gasteiger charge is -2.11. The average Bonchev–Trinajstić information content (AvgIpc) is 2.17. The lowest BCUT2D eigenvalue weighted by atomic mass is 9.99. The van der Waals surface area contributed by atoms with Crippen LogP contribution >= 0.6 is 11.6 Å². The van der Waals surface area contributed by atoms with Gasteiger partial charge in [-0.15, -0.1) is 0 Å². The number of halogens is 1. The zero-order chi connectivity index (χ0) is 9.84.